The van der Waals surface area contributed by atoms with E-state index in [-0.39, 0.29) is 0 Å². The van der Waals surface area contributed by atoms with Crippen molar-refractivity contribution in [3.8, 4) is 5.75 Å². The zero-order valence-corrected chi connectivity index (χ0v) is 14.0. The van der Waals surface area contributed by atoms with Crippen LogP contribution in [-0.4, -0.2) is 44.5 Å². The summed E-state index contributed by atoms with van der Waals surface area (Å²) in [4.78, 5) is 2.35. The molecular weight excluding hydrogens is 298 g/mol. The molecule has 124 valence electrons. The van der Waals surface area contributed by atoms with Crippen LogP contribution in [0.3, 0.4) is 0 Å². The largest absolute Gasteiger partial charge is 0.495 e. The Balaban J connectivity index is 1.52. The van der Waals surface area contributed by atoms with Gasteiger partial charge in [0.05, 0.1) is 25.9 Å². The number of piperazine rings is 1. The van der Waals surface area contributed by atoms with Crippen LogP contribution in [0.1, 0.15) is 5.56 Å². The quantitative estimate of drug-likeness (QED) is 0.789. The van der Waals surface area contributed by atoms with Crippen LogP contribution in [0.15, 0.2) is 65.8 Å². The molecule has 0 amide bonds. The first-order valence-corrected chi connectivity index (χ1v) is 8.25. The maximum atomic E-state index is 5.45. The van der Waals surface area contributed by atoms with Crippen molar-refractivity contribution in [3.63, 3.8) is 0 Å². The molecule has 0 radical (unpaired) electrons. The summed E-state index contributed by atoms with van der Waals surface area (Å²) in [5.74, 6) is 0.931. The number of hydrazone groups is 1. The maximum absolute atomic E-state index is 5.45. The minimum atomic E-state index is 0.910. The first-order chi connectivity index (χ1) is 11.9. The van der Waals surface area contributed by atoms with Crippen molar-refractivity contribution >= 4 is 18.0 Å². The molecule has 0 aliphatic carbocycles. The molecule has 0 spiro atoms. The van der Waals surface area contributed by atoms with Gasteiger partial charge in [-0.1, -0.05) is 48.5 Å². The summed E-state index contributed by atoms with van der Waals surface area (Å²) < 4.78 is 5.45. The molecule has 4 nitrogen and oxygen atoms in total. The van der Waals surface area contributed by atoms with Crippen molar-refractivity contribution in [2.75, 3.05) is 38.2 Å². The van der Waals surface area contributed by atoms with Crippen molar-refractivity contribution in [2.24, 2.45) is 5.10 Å². The number of methoxy groups -OCH3 is 1. The number of rotatable bonds is 5. The highest BCUT2D eigenvalue weighted by atomic mass is 16.5. The van der Waals surface area contributed by atoms with Crippen molar-refractivity contribution < 1.29 is 4.74 Å². The molecule has 1 heterocycles. The summed E-state index contributed by atoms with van der Waals surface area (Å²) >= 11 is 0. The number of ether oxygens (including phenoxy) is 1. The number of para-hydroxylation sites is 2. The average molecular weight is 321 g/mol. The van der Waals surface area contributed by atoms with E-state index in [0.717, 1.165) is 37.6 Å². The van der Waals surface area contributed by atoms with Crippen LogP contribution in [0.5, 0.6) is 5.75 Å². The molecule has 0 atom stereocenters. The van der Waals surface area contributed by atoms with Gasteiger partial charge in [0.25, 0.3) is 0 Å². The Kier molecular flexibility index (Phi) is 5.51. The minimum Gasteiger partial charge on any atom is -0.495 e. The fourth-order valence-electron chi connectivity index (χ4n) is 2.79. The summed E-state index contributed by atoms with van der Waals surface area (Å²) in [5.41, 5.74) is 2.34. The van der Waals surface area contributed by atoms with Crippen molar-refractivity contribution in [2.45, 2.75) is 0 Å². The van der Waals surface area contributed by atoms with Crippen LogP contribution in [0.4, 0.5) is 5.69 Å². The molecule has 2 aromatic rings. The standard InChI is InChI=1S/C20H23N3O/c1-24-20-12-6-5-11-19(20)22-14-16-23(17-15-22)21-13-7-10-18-8-3-2-4-9-18/h2-13H,14-17H2,1H3/b10-7+,21-13+. The average Bonchev–Trinajstić information content (AvgIpc) is 2.66. The molecule has 0 N–H and O–H groups in total. The molecule has 3 rings (SSSR count). The van der Waals surface area contributed by atoms with E-state index >= 15 is 0 Å². The molecule has 1 aliphatic rings. The van der Waals surface area contributed by atoms with Gasteiger partial charge in [-0.15, -0.1) is 0 Å². The van der Waals surface area contributed by atoms with Gasteiger partial charge in [-0.05, 0) is 23.8 Å². The monoisotopic (exact) mass is 321 g/mol. The SMILES string of the molecule is COc1ccccc1N1CCN(/N=C/C=C/c2ccccc2)CC1. The predicted octanol–water partition coefficient (Wildman–Crippen LogP) is 3.52. The van der Waals surface area contributed by atoms with Crippen LogP contribution in [0.25, 0.3) is 6.08 Å². The minimum absolute atomic E-state index is 0.910. The number of hydrogen-bond donors (Lipinski definition) is 0. The van der Waals surface area contributed by atoms with E-state index < -0.39 is 0 Å². The van der Waals surface area contributed by atoms with E-state index in [9.17, 15) is 0 Å². The van der Waals surface area contributed by atoms with Gasteiger partial charge in [-0.3, -0.25) is 5.01 Å². The lowest BCUT2D eigenvalue weighted by molar-refractivity contribution is 0.271. The molecule has 0 bridgehead atoms. The lowest BCUT2D eigenvalue weighted by Crippen LogP contribution is -2.44. The van der Waals surface area contributed by atoms with Gasteiger partial charge in [0.15, 0.2) is 0 Å². The summed E-state index contributed by atoms with van der Waals surface area (Å²) in [6.45, 7) is 3.71. The van der Waals surface area contributed by atoms with Gasteiger partial charge in [0.2, 0.25) is 0 Å². The molecule has 0 saturated carbocycles. The van der Waals surface area contributed by atoms with Gasteiger partial charge in [0, 0.05) is 19.3 Å². The number of allylic oxidation sites excluding steroid dienone is 1. The van der Waals surface area contributed by atoms with Crippen molar-refractivity contribution in [1.29, 1.82) is 0 Å². The number of nitrogens with zero attached hydrogens (tertiary/aromatic N) is 3. The fourth-order valence-corrected chi connectivity index (χ4v) is 2.79. The van der Waals surface area contributed by atoms with Gasteiger partial charge >= 0.3 is 0 Å². The number of benzene rings is 2. The third-order valence-electron chi connectivity index (χ3n) is 4.09. The highest BCUT2D eigenvalue weighted by Gasteiger charge is 2.17. The second kappa shape index (κ2) is 8.20. The predicted molar refractivity (Wildman–Crippen MR) is 101 cm³/mol. The zero-order valence-electron chi connectivity index (χ0n) is 14.0. The Bertz CT molecular complexity index is 689. The summed E-state index contributed by atoms with van der Waals surface area (Å²) in [6.07, 6.45) is 5.92. The summed E-state index contributed by atoms with van der Waals surface area (Å²) in [5, 5.41) is 6.64. The first-order valence-electron chi connectivity index (χ1n) is 8.25. The van der Waals surface area contributed by atoms with Crippen LogP contribution in [0.2, 0.25) is 0 Å². The topological polar surface area (TPSA) is 28.1 Å². The Morgan fingerprint density at radius 1 is 0.917 bits per heavy atom. The van der Waals surface area contributed by atoms with E-state index in [2.05, 4.69) is 45.4 Å². The number of anilines is 1. The van der Waals surface area contributed by atoms with Crippen LogP contribution in [-0.2, 0) is 0 Å². The van der Waals surface area contributed by atoms with Gasteiger partial charge < -0.3 is 9.64 Å². The molecule has 1 aliphatic heterocycles. The van der Waals surface area contributed by atoms with Crippen LogP contribution in [0, 0.1) is 0 Å². The Morgan fingerprint density at radius 2 is 1.62 bits per heavy atom. The number of hydrogen-bond acceptors (Lipinski definition) is 4. The molecule has 0 unspecified atom stereocenters. The zero-order chi connectivity index (χ0) is 16.6. The molecule has 1 fully saturated rings. The molecule has 4 heteroatoms. The smallest absolute Gasteiger partial charge is 0.142 e. The van der Waals surface area contributed by atoms with E-state index in [0.29, 0.717) is 0 Å². The lowest BCUT2D eigenvalue weighted by atomic mass is 10.2. The van der Waals surface area contributed by atoms with E-state index in [1.807, 2.05) is 42.6 Å². The Morgan fingerprint density at radius 3 is 2.38 bits per heavy atom. The van der Waals surface area contributed by atoms with E-state index in [1.165, 1.54) is 5.56 Å². The molecule has 24 heavy (non-hydrogen) atoms. The van der Waals surface area contributed by atoms with Gasteiger partial charge in [-0.2, -0.15) is 5.10 Å². The van der Waals surface area contributed by atoms with Gasteiger partial charge in [0.1, 0.15) is 5.75 Å². The maximum Gasteiger partial charge on any atom is 0.142 e. The molecule has 2 aromatic carbocycles. The van der Waals surface area contributed by atoms with E-state index in [4.69, 9.17) is 4.74 Å². The fraction of sp³-hybridized carbons (Fsp3) is 0.250. The van der Waals surface area contributed by atoms with Crippen LogP contribution < -0.4 is 9.64 Å². The van der Waals surface area contributed by atoms with Crippen LogP contribution >= 0.6 is 0 Å². The highest BCUT2D eigenvalue weighted by molar-refractivity contribution is 5.78. The summed E-state index contributed by atoms with van der Waals surface area (Å²) in [7, 11) is 1.72. The molecule has 0 aromatic heterocycles. The normalized spacial score (nSPS) is 15.4. The first kappa shape index (κ1) is 16.1. The third-order valence-corrected chi connectivity index (χ3v) is 4.09. The highest BCUT2D eigenvalue weighted by Crippen LogP contribution is 2.28. The Hall–Kier alpha value is -2.75. The molecule has 1 saturated heterocycles. The summed E-state index contributed by atoms with van der Waals surface area (Å²) in [6, 6.07) is 18.4. The van der Waals surface area contributed by atoms with Crippen molar-refractivity contribution in [3.05, 3.63) is 66.2 Å². The second-order valence-electron chi connectivity index (χ2n) is 5.65. The van der Waals surface area contributed by atoms with E-state index in [1.54, 1.807) is 7.11 Å². The second-order valence-corrected chi connectivity index (χ2v) is 5.65. The van der Waals surface area contributed by atoms with Gasteiger partial charge in [-0.25, -0.2) is 0 Å². The van der Waals surface area contributed by atoms with Crippen molar-refractivity contribution in [1.82, 2.24) is 5.01 Å². The molecular formula is C20H23N3O. The Labute approximate surface area is 143 Å². The third kappa shape index (κ3) is 4.16. The lowest BCUT2D eigenvalue weighted by Gasteiger charge is -2.35.